The summed E-state index contributed by atoms with van der Waals surface area (Å²) in [7, 11) is 0. The van der Waals surface area contributed by atoms with E-state index in [1.165, 1.54) is 0 Å². The Labute approximate surface area is 92.2 Å². The molecule has 0 aliphatic heterocycles. The zero-order chi connectivity index (χ0) is 11.1. The SMILES string of the molecule is CSCc1noc(CCCCC(=O)O)n1. The van der Waals surface area contributed by atoms with Crippen LogP contribution in [0.3, 0.4) is 0 Å². The minimum absolute atomic E-state index is 0.200. The highest BCUT2D eigenvalue weighted by Gasteiger charge is 2.05. The van der Waals surface area contributed by atoms with Gasteiger partial charge in [0.15, 0.2) is 5.82 Å². The molecule has 84 valence electrons. The Morgan fingerprint density at radius 3 is 3.00 bits per heavy atom. The lowest BCUT2D eigenvalue weighted by atomic mass is 10.2. The van der Waals surface area contributed by atoms with E-state index in [0.717, 1.165) is 12.2 Å². The molecule has 15 heavy (non-hydrogen) atoms. The van der Waals surface area contributed by atoms with Gasteiger partial charge in [0.25, 0.3) is 0 Å². The van der Waals surface area contributed by atoms with Gasteiger partial charge in [-0.15, -0.1) is 0 Å². The molecular weight excluding hydrogens is 216 g/mol. The van der Waals surface area contributed by atoms with Crippen LogP contribution in [0.2, 0.25) is 0 Å². The van der Waals surface area contributed by atoms with Crippen LogP contribution in [0, 0.1) is 0 Å². The van der Waals surface area contributed by atoms with Crippen molar-refractivity contribution in [2.24, 2.45) is 0 Å². The highest BCUT2D eigenvalue weighted by atomic mass is 32.2. The van der Waals surface area contributed by atoms with Crippen LogP contribution >= 0.6 is 11.8 Å². The lowest BCUT2D eigenvalue weighted by Crippen LogP contribution is -1.95. The fourth-order valence-electron chi connectivity index (χ4n) is 1.13. The maximum Gasteiger partial charge on any atom is 0.303 e. The highest BCUT2D eigenvalue weighted by molar-refractivity contribution is 7.97. The number of carbonyl (C=O) groups is 1. The molecule has 0 spiro atoms. The minimum atomic E-state index is -0.761. The van der Waals surface area contributed by atoms with Crippen LogP contribution < -0.4 is 0 Å². The summed E-state index contributed by atoms with van der Waals surface area (Å²) in [5.41, 5.74) is 0. The van der Waals surface area contributed by atoms with Crippen molar-refractivity contribution < 1.29 is 14.4 Å². The van der Waals surface area contributed by atoms with Gasteiger partial charge in [-0.2, -0.15) is 16.7 Å². The monoisotopic (exact) mass is 230 g/mol. The molecule has 1 aromatic heterocycles. The molecule has 0 fully saturated rings. The number of unbranched alkanes of at least 4 members (excludes halogenated alkanes) is 1. The third-order valence-corrected chi connectivity index (χ3v) is 2.36. The quantitative estimate of drug-likeness (QED) is 0.719. The van der Waals surface area contributed by atoms with E-state index in [4.69, 9.17) is 9.63 Å². The molecule has 6 heteroatoms. The topological polar surface area (TPSA) is 76.2 Å². The van der Waals surface area contributed by atoms with Crippen molar-refractivity contribution in [1.82, 2.24) is 10.1 Å². The Hall–Kier alpha value is -1.04. The molecule has 0 unspecified atom stereocenters. The number of nitrogens with zero attached hydrogens (tertiary/aromatic N) is 2. The smallest absolute Gasteiger partial charge is 0.303 e. The van der Waals surface area contributed by atoms with Crippen molar-refractivity contribution in [3.05, 3.63) is 11.7 Å². The summed E-state index contributed by atoms with van der Waals surface area (Å²) in [6.07, 6.45) is 4.26. The molecule has 0 radical (unpaired) electrons. The first-order valence-electron chi connectivity index (χ1n) is 4.74. The molecule has 1 aromatic rings. The van der Waals surface area contributed by atoms with Gasteiger partial charge in [-0.25, -0.2) is 0 Å². The molecular formula is C9H14N2O3S. The van der Waals surface area contributed by atoms with Crippen molar-refractivity contribution in [3.8, 4) is 0 Å². The molecule has 1 rings (SSSR count). The second-order valence-corrected chi connectivity index (χ2v) is 4.00. The normalized spacial score (nSPS) is 10.5. The Morgan fingerprint density at radius 2 is 2.33 bits per heavy atom. The van der Waals surface area contributed by atoms with Crippen LogP contribution in [0.1, 0.15) is 31.0 Å². The maximum atomic E-state index is 10.2. The van der Waals surface area contributed by atoms with Gasteiger partial charge >= 0.3 is 5.97 Å². The molecule has 0 bridgehead atoms. The van der Waals surface area contributed by atoms with Crippen LogP contribution in [0.5, 0.6) is 0 Å². The number of thioether (sulfide) groups is 1. The van der Waals surface area contributed by atoms with Crippen LogP contribution in [-0.4, -0.2) is 27.5 Å². The van der Waals surface area contributed by atoms with E-state index < -0.39 is 5.97 Å². The van der Waals surface area contributed by atoms with Crippen LogP contribution in [-0.2, 0) is 17.0 Å². The predicted molar refractivity (Wildman–Crippen MR) is 56.7 cm³/mol. The number of hydrogen-bond acceptors (Lipinski definition) is 5. The van der Waals surface area contributed by atoms with Gasteiger partial charge in [-0.1, -0.05) is 5.16 Å². The van der Waals surface area contributed by atoms with Crippen molar-refractivity contribution >= 4 is 17.7 Å². The Morgan fingerprint density at radius 1 is 1.53 bits per heavy atom. The number of aryl methyl sites for hydroxylation is 1. The second-order valence-electron chi connectivity index (χ2n) is 3.14. The fourth-order valence-corrected chi connectivity index (χ4v) is 1.51. The van der Waals surface area contributed by atoms with E-state index in [1.807, 2.05) is 6.26 Å². The maximum absolute atomic E-state index is 10.2. The predicted octanol–water partition coefficient (Wildman–Crippen LogP) is 1.73. The molecule has 0 amide bonds. The van der Waals surface area contributed by atoms with E-state index in [0.29, 0.717) is 24.6 Å². The standard InChI is InChI=1S/C9H14N2O3S/c1-15-6-7-10-8(14-11-7)4-2-3-5-9(12)13/h2-6H2,1H3,(H,12,13). The number of carboxylic acid groups (broad SMARTS) is 1. The molecule has 0 aliphatic rings. The molecule has 0 aliphatic carbocycles. The van der Waals surface area contributed by atoms with Crippen molar-refractivity contribution in [3.63, 3.8) is 0 Å². The number of hydrogen-bond donors (Lipinski definition) is 1. The first kappa shape index (κ1) is 12.0. The number of carboxylic acids is 1. The summed E-state index contributed by atoms with van der Waals surface area (Å²) in [4.78, 5) is 14.4. The molecule has 0 atom stereocenters. The fraction of sp³-hybridized carbons (Fsp3) is 0.667. The van der Waals surface area contributed by atoms with E-state index in [1.54, 1.807) is 11.8 Å². The van der Waals surface area contributed by atoms with Gasteiger partial charge in [0.05, 0.1) is 5.75 Å². The minimum Gasteiger partial charge on any atom is -0.481 e. The molecule has 5 nitrogen and oxygen atoms in total. The van der Waals surface area contributed by atoms with Gasteiger partial charge in [0, 0.05) is 12.8 Å². The summed E-state index contributed by atoms with van der Waals surface area (Å²) < 4.78 is 5.00. The van der Waals surface area contributed by atoms with Gasteiger partial charge in [-0.3, -0.25) is 4.79 Å². The summed E-state index contributed by atoms with van der Waals surface area (Å²) in [6.45, 7) is 0. The summed E-state index contributed by atoms with van der Waals surface area (Å²) >= 11 is 1.64. The zero-order valence-corrected chi connectivity index (χ0v) is 9.42. The Kier molecular flexibility index (Phi) is 5.17. The van der Waals surface area contributed by atoms with Gasteiger partial charge < -0.3 is 9.63 Å². The lowest BCUT2D eigenvalue weighted by Gasteiger charge is -1.93. The molecule has 1 N–H and O–H groups in total. The average molecular weight is 230 g/mol. The molecule has 0 aromatic carbocycles. The van der Waals surface area contributed by atoms with E-state index >= 15 is 0 Å². The van der Waals surface area contributed by atoms with Gasteiger partial charge in [0.2, 0.25) is 5.89 Å². The highest BCUT2D eigenvalue weighted by Crippen LogP contribution is 2.08. The Bertz CT molecular complexity index is 314. The summed E-state index contributed by atoms with van der Waals surface area (Å²) in [5, 5.41) is 12.2. The molecule has 1 heterocycles. The van der Waals surface area contributed by atoms with Crippen LogP contribution in [0.15, 0.2) is 4.52 Å². The van der Waals surface area contributed by atoms with Crippen molar-refractivity contribution in [1.29, 1.82) is 0 Å². The zero-order valence-electron chi connectivity index (χ0n) is 8.60. The lowest BCUT2D eigenvalue weighted by molar-refractivity contribution is -0.137. The summed E-state index contributed by atoms with van der Waals surface area (Å²) in [5.74, 6) is 1.29. The van der Waals surface area contributed by atoms with Crippen molar-refractivity contribution in [2.75, 3.05) is 6.26 Å². The first-order chi connectivity index (χ1) is 7.22. The van der Waals surface area contributed by atoms with Crippen LogP contribution in [0.4, 0.5) is 0 Å². The third kappa shape index (κ3) is 4.83. The average Bonchev–Trinajstić information content (AvgIpc) is 2.61. The third-order valence-electron chi connectivity index (χ3n) is 1.81. The first-order valence-corrected chi connectivity index (χ1v) is 6.14. The van der Waals surface area contributed by atoms with Gasteiger partial charge in [0.1, 0.15) is 0 Å². The van der Waals surface area contributed by atoms with Crippen molar-refractivity contribution in [2.45, 2.75) is 31.4 Å². The Balaban J connectivity index is 2.22. The van der Waals surface area contributed by atoms with E-state index in [2.05, 4.69) is 10.1 Å². The largest absolute Gasteiger partial charge is 0.481 e. The molecule has 0 saturated heterocycles. The second kappa shape index (κ2) is 6.44. The van der Waals surface area contributed by atoms with Crippen LogP contribution in [0.25, 0.3) is 0 Å². The van der Waals surface area contributed by atoms with E-state index in [9.17, 15) is 4.79 Å². The number of rotatable bonds is 7. The number of aliphatic carboxylic acids is 1. The summed E-state index contributed by atoms with van der Waals surface area (Å²) in [6, 6.07) is 0. The van der Waals surface area contributed by atoms with E-state index in [-0.39, 0.29) is 6.42 Å². The van der Waals surface area contributed by atoms with Gasteiger partial charge in [-0.05, 0) is 19.1 Å². The molecule has 0 saturated carbocycles. The number of aromatic nitrogens is 2.